The number of nitrogens with zero attached hydrogens (tertiary/aromatic N) is 1. The van der Waals surface area contributed by atoms with Gasteiger partial charge in [-0.15, -0.1) is 0 Å². The smallest absolute Gasteiger partial charge is 0.417 e. The quantitative estimate of drug-likeness (QED) is 0.867. The number of alkyl halides is 3. The Morgan fingerprint density at radius 3 is 2.58 bits per heavy atom. The molecule has 1 aromatic heterocycles. The normalized spacial score (nSPS) is 15.6. The molecule has 1 aliphatic carbocycles. The number of aliphatic carboxylic acids is 1. The van der Waals surface area contributed by atoms with Gasteiger partial charge in [0.25, 0.3) is 0 Å². The molecule has 0 atom stereocenters. The van der Waals surface area contributed by atoms with E-state index in [1.807, 2.05) is 0 Å². The third-order valence-electron chi connectivity index (χ3n) is 4.14. The van der Waals surface area contributed by atoms with E-state index in [0.717, 1.165) is 18.9 Å². The van der Waals surface area contributed by atoms with Crippen molar-refractivity contribution in [1.29, 1.82) is 0 Å². The van der Waals surface area contributed by atoms with Crippen molar-refractivity contribution in [3.8, 4) is 11.3 Å². The second kappa shape index (κ2) is 6.14. The van der Waals surface area contributed by atoms with E-state index in [1.165, 1.54) is 24.3 Å². The Hall–Kier alpha value is -2.57. The number of carboxylic acids is 1. The van der Waals surface area contributed by atoms with Crippen LogP contribution < -0.4 is 0 Å². The zero-order valence-electron chi connectivity index (χ0n) is 12.7. The Labute approximate surface area is 136 Å². The van der Waals surface area contributed by atoms with E-state index >= 15 is 0 Å². The van der Waals surface area contributed by atoms with Gasteiger partial charge in [0.05, 0.1) is 17.0 Å². The molecule has 4 nitrogen and oxygen atoms in total. The molecule has 0 saturated heterocycles. The molecular formula is C17H15F3N2O2. The van der Waals surface area contributed by atoms with Gasteiger partial charge in [0, 0.05) is 11.1 Å². The van der Waals surface area contributed by atoms with Crippen molar-refractivity contribution in [2.75, 3.05) is 0 Å². The van der Waals surface area contributed by atoms with Crippen LogP contribution in [0.4, 0.5) is 13.2 Å². The van der Waals surface area contributed by atoms with Crippen LogP contribution in [-0.4, -0.2) is 21.3 Å². The van der Waals surface area contributed by atoms with Crippen LogP contribution in [0.25, 0.3) is 16.8 Å². The van der Waals surface area contributed by atoms with Crippen LogP contribution in [0.3, 0.4) is 0 Å². The van der Waals surface area contributed by atoms with Gasteiger partial charge in [-0.1, -0.05) is 18.2 Å². The molecule has 0 radical (unpaired) electrons. The molecule has 0 saturated carbocycles. The summed E-state index contributed by atoms with van der Waals surface area (Å²) >= 11 is 0. The predicted molar refractivity (Wildman–Crippen MR) is 82.0 cm³/mol. The lowest BCUT2D eigenvalue weighted by Crippen LogP contribution is -2.08. The van der Waals surface area contributed by atoms with Crippen LogP contribution in [0.5, 0.6) is 0 Å². The number of benzene rings is 1. The van der Waals surface area contributed by atoms with E-state index in [2.05, 4.69) is 10.2 Å². The van der Waals surface area contributed by atoms with Gasteiger partial charge in [0.1, 0.15) is 0 Å². The van der Waals surface area contributed by atoms with E-state index in [9.17, 15) is 23.1 Å². The molecule has 0 spiro atoms. The van der Waals surface area contributed by atoms with Crippen LogP contribution in [0.15, 0.2) is 35.9 Å². The molecule has 24 heavy (non-hydrogen) atoms. The zero-order valence-corrected chi connectivity index (χ0v) is 12.7. The number of carboxylic acid groups (broad SMARTS) is 1. The van der Waals surface area contributed by atoms with Gasteiger partial charge in [-0.05, 0) is 43.4 Å². The maximum absolute atomic E-state index is 13.1. The highest BCUT2D eigenvalue weighted by Crippen LogP contribution is 2.38. The largest absolute Gasteiger partial charge is 0.478 e. The van der Waals surface area contributed by atoms with Crippen molar-refractivity contribution >= 4 is 11.5 Å². The first-order valence-electron chi connectivity index (χ1n) is 7.55. The molecule has 126 valence electrons. The Morgan fingerprint density at radius 1 is 1.17 bits per heavy atom. The molecule has 1 aliphatic rings. The molecule has 0 fully saturated rings. The molecule has 0 bridgehead atoms. The summed E-state index contributed by atoms with van der Waals surface area (Å²) in [4.78, 5) is 11.4. The topological polar surface area (TPSA) is 66.0 Å². The molecule has 1 heterocycles. The summed E-state index contributed by atoms with van der Waals surface area (Å²) < 4.78 is 39.4. The van der Waals surface area contributed by atoms with Crippen LogP contribution in [-0.2, 0) is 11.0 Å². The van der Waals surface area contributed by atoms with Crippen molar-refractivity contribution in [2.45, 2.75) is 31.9 Å². The van der Waals surface area contributed by atoms with Gasteiger partial charge in [-0.2, -0.15) is 18.3 Å². The first kappa shape index (κ1) is 16.3. The fraction of sp³-hybridized carbons (Fsp3) is 0.294. The second-order valence-corrected chi connectivity index (χ2v) is 5.68. The van der Waals surface area contributed by atoms with Crippen molar-refractivity contribution in [2.24, 2.45) is 0 Å². The average molecular weight is 336 g/mol. The third-order valence-corrected chi connectivity index (χ3v) is 4.14. The van der Waals surface area contributed by atoms with E-state index in [4.69, 9.17) is 0 Å². The minimum Gasteiger partial charge on any atom is -0.478 e. The number of nitrogens with one attached hydrogen (secondary N) is 1. The summed E-state index contributed by atoms with van der Waals surface area (Å²) in [5, 5.41) is 16.0. The molecule has 1 aromatic carbocycles. The fourth-order valence-electron chi connectivity index (χ4n) is 3.00. The van der Waals surface area contributed by atoms with Crippen LogP contribution in [0, 0.1) is 0 Å². The molecule has 7 heteroatoms. The molecule has 0 aliphatic heterocycles. The van der Waals surface area contributed by atoms with Crippen molar-refractivity contribution in [3.63, 3.8) is 0 Å². The minimum atomic E-state index is -4.47. The highest BCUT2D eigenvalue weighted by molar-refractivity contribution is 5.96. The number of allylic oxidation sites excluding steroid dienone is 1. The van der Waals surface area contributed by atoms with Crippen LogP contribution in [0.1, 0.15) is 36.9 Å². The highest BCUT2D eigenvalue weighted by Gasteiger charge is 2.34. The van der Waals surface area contributed by atoms with Gasteiger partial charge >= 0.3 is 12.1 Å². The molecule has 2 N–H and O–H groups in total. The van der Waals surface area contributed by atoms with Gasteiger partial charge in [-0.3, -0.25) is 5.10 Å². The van der Waals surface area contributed by atoms with Crippen molar-refractivity contribution < 1.29 is 23.1 Å². The summed E-state index contributed by atoms with van der Waals surface area (Å²) in [5.74, 6) is -0.995. The predicted octanol–water partition coefficient (Wildman–Crippen LogP) is 4.51. The van der Waals surface area contributed by atoms with E-state index in [1.54, 1.807) is 0 Å². The third kappa shape index (κ3) is 3.06. The second-order valence-electron chi connectivity index (χ2n) is 5.68. The Balaban J connectivity index is 2.05. The molecular weight excluding hydrogens is 321 g/mol. The first-order chi connectivity index (χ1) is 11.4. The first-order valence-corrected chi connectivity index (χ1v) is 7.55. The van der Waals surface area contributed by atoms with Gasteiger partial charge < -0.3 is 5.11 Å². The molecule has 3 rings (SSSR count). The Bertz CT molecular complexity index is 806. The van der Waals surface area contributed by atoms with Crippen molar-refractivity contribution in [3.05, 3.63) is 47.2 Å². The van der Waals surface area contributed by atoms with E-state index < -0.39 is 17.7 Å². The summed E-state index contributed by atoms with van der Waals surface area (Å²) in [6.45, 7) is 0. The monoisotopic (exact) mass is 336 g/mol. The number of carbonyl (C=O) groups is 1. The highest BCUT2D eigenvalue weighted by atomic mass is 19.4. The Morgan fingerprint density at radius 2 is 1.88 bits per heavy atom. The number of halogens is 3. The number of aromatic amines is 1. The molecule has 2 aromatic rings. The number of hydrogen-bond donors (Lipinski definition) is 2. The average Bonchev–Trinajstić information content (AvgIpc) is 3.04. The van der Waals surface area contributed by atoms with Gasteiger partial charge in [0.2, 0.25) is 0 Å². The lowest BCUT2D eigenvalue weighted by atomic mass is 9.89. The minimum absolute atomic E-state index is 0.00275. The van der Waals surface area contributed by atoms with Crippen LogP contribution in [0.2, 0.25) is 0 Å². The summed E-state index contributed by atoms with van der Waals surface area (Å²) in [5.41, 5.74) is 0.761. The van der Waals surface area contributed by atoms with Gasteiger partial charge in [0.15, 0.2) is 0 Å². The van der Waals surface area contributed by atoms with Crippen molar-refractivity contribution in [1.82, 2.24) is 10.2 Å². The molecule has 0 amide bonds. The fourth-order valence-corrected chi connectivity index (χ4v) is 3.00. The van der Waals surface area contributed by atoms with Crippen LogP contribution >= 0.6 is 0 Å². The number of H-pyrrole nitrogens is 1. The molecule has 0 unspecified atom stereocenters. The van der Waals surface area contributed by atoms with E-state index in [0.29, 0.717) is 29.7 Å². The lowest BCUT2D eigenvalue weighted by Gasteiger charge is -2.15. The summed E-state index contributed by atoms with van der Waals surface area (Å²) in [6.07, 6.45) is -1.83. The number of hydrogen-bond acceptors (Lipinski definition) is 2. The summed E-state index contributed by atoms with van der Waals surface area (Å²) in [6, 6.07) is 6.73. The zero-order chi connectivity index (χ0) is 17.3. The maximum Gasteiger partial charge on any atom is 0.417 e. The maximum atomic E-state index is 13.1. The SMILES string of the molecule is O=C(O)C1=C(c2cc(-c3ccccc3C(F)(F)F)[nH]n2)CCCC1. The van der Waals surface area contributed by atoms with Gasteiger partial charge in [-0.25, -0.2) is 4.79 Å². The lowest BCUT2D eigenvalue weighted by molar-refractivity contribution is -0.137. The summed E-state index contributed by atoms with van der Waals surface area (Å²) in [7, 11) is 0. The van der Waals surface area contributed by atoms with E-state index in [-0.39, 0.29) is 11.3 Å². The standard InChI is InChI=1S/C17H15F3N2O2/c18-17(19,20)13-8-4-3-7-12(13)15-9-14(21-22-15)10-5-1-2-6-11(10)16(23)24/h3-4,7-9H,1-2,5-6H2,(H,21,22)(H,23,24). The number of rotatable bonds is 3. The Kier molecular flexibility index (Phi) is 4.17. The number of aromatic nitrogens is 2.